The Morgan fingerprint density at radius 3 is 2.77 bits per heavy atom. The summed E-state index contributed by atoms with van der Waals surface area (Å²) in [5.41, 5.74) is 1.01. The van der Waals surface area contributed by atoms with Crippen molar-refractivity contribution in [1.82, 2.24) is 4.90 Å². The number of carbonyl (C=O) groups is 1. The van der Waals surface area contributed by atoms with Crippen molar-refractivity contribution in [3.8, 4) is 11.5 Å². The maximum Gasteiger partial charge on any atom is 0.234 e. The van der Waals surface area contributed by atoms with Gasteiger partial charge in [-0.15, -0.1) is 11.8 Å². The Labute approximate surface area is 155 Å². The van der Waals surface area contributed by atoms with Crippen molar-refractivity contribution in [3.63, 3.8) is 0 Å². The molecule has 138 valence electrons. The van der Waals surface area contributed by atoms with Crippen LogP contribution in [0, 0.1) is 11.6 Å². The molecule has 0 N–H and O–H groups in total. The molecule has 1 aliphatic rings. The molecule has 1 amide bonds. The van der Waals surface area contributed by atoms with E-state index >= 15 is 0 Å². The smallest absolute Gasteiger partial charge is 0.234 e. The van der Waals surface area contributed by atoms with E-state index in [-0.39, 0.29) is 29.1 Å². The van der Waals surface area contributed by atoms with E-state index in [1.807, 2.05) is 19.1 Å². The van der Waals surface area contributed by atoms with Crippen LogP contribution in [-0.4, -0.2) is 30.3 Å². The first kappa shape index (κ1) is 18.5. The molecule has 1 heterocycles. The Morgan fingerprint density at radius 2 is 2.04 bits per heavy atom. The minimum Gasteiger partial charge on any atom is -0.493 e. The zero-order chi connectivity index (χ0) is 18.7. The molecule has 0 aromatic heterocycles. The van der Waals surface area contributed by atoms with Gasteiger partial charge in [0.15, 0.2) is 23.1 Å². The van der Waals surface area contributed by atoms with Gasteiger partial charge in [-0.05, 0) is 30.7 Å². The highest BCUT2D eigenvalue weighted by Crippen LogP contribution is 2.42. The van der Waals surface area contributed by atoms with Crippen LogP contribution in [-0.2, 0) is 11.3 Å². The van der Waals surface area contributed by atoms with Crippen LogP contribution in [0.3, 0.4) is 0 Å². The molecule has 7 heteroatoms. The molecule has 1 aliphatic heterocycles. The molecule has 0 aliphatic carbocycles. The number of rotatable bonds is 6. The molecule has 4 nitrogen and oxygen atoms in total. The van der Waals surface area contributed by atoms with E-state index in [1.54, 1.807) is 18.1 Å². The highest BCUT2D eigenvalue weighted by atomic mass is 32.2. The summed E-state index contributed by atoms with van der Waals surface area (Å²) in [6.45, 7) is 2.36. The average Bonchev–Trinajstić information content (AvgIpc) is 3.00. The van der Waals surface area contributed by atoms with Gasteiger partial charge in [0, 0.05) is 5.56 Å². The van der Waals surface area contributed by atoms with Crippen LogP contribution in [0.4, 0.5) is 8.78 Å². The normalized spacial score (nSPS) is 16.8. The van der Waals surface area contributed by atoms with Gasteiger partial charge in [-0.25, -0.2) is 8.78 Å². The van der Waals surface area contributed by atoms with Gasteiger partial charge in [-0.2, -0.15) is 0 Å². The molecule has 1 unspecified atom stereocenters. The molecule has 2 aromatic rings. The highest BCUT2D eigenvalue weighted by molar-refractivity contribution is 8.00. The van der Waals surface area contributed by atoms with Crippen LogP contribution in [0.2, 0.25) is 0 Å². The second-order valence-electron chi connectivity index (χ2n) is 5.74. The number of ether oxygens (including phenoxy) is 2. The largest absolute Gasteiger partial charge is 0.493 e. The summed E-state index contributed by atoms with van der Waals surface area (Å²) in [6, 6.07) is 9.46. The Bertz CT molecular complexity index is 815. The first-order valence-corrected chi connectivity index (χ1v) is 9.24. The maximum absolute atomic E-state index is 14.0. The average molecular weight is 379 g/mol. The fraction of sp³-hybridized carbons (Fsp3) is 0.316. The van der Waals surface area contributed by atoms with E-state index in [4.69, 9.17) is 9.47 Å². The Kier molecular flexibility index (Phi) is 5.66. The maximum atomic E-state index is 14.0. The molecule has 2 aromatic carbocycles. The topological polar surface area (TPSA) is 38.8 Å². The lowest BCUT2D eigenvalue weighted by Gasteiger charge is -2.25. The van der Waals surface area contributed by atoms with Crippen molar-refractivity contribution in [2.45, 2.75) is 18.8 Å². The number of hydrogen-bond donors (Lipinski definition) is 0. The summed E-state index contributed by atoms with van der Waals surface area (Å²) in [7, 11) is 1.56. The van der Waals surface area contributed by atoms with E-state index in [0.717, 1.165) is 11.6 Å². The summed E-state index contributed by atoms with van der Waals surface area (Å²) >= 11 is 1.45. The molecule has 0 bridgehead atoms. The summed E-state index contributed by atoms with van der Waals surface area (Å²) < 4.78 is 38.4. The van der Waals surface area contributed by atoms with Gasteiger partial charge in [-0.1, -0.05) is 18.2 Å². The monoisotopic (exact) mass is 379 g/mol. The van der Waals surface area contributed by atoms with Crippen molar-refractivity contribution >= 4 is 17.7 Å². The Balaban J connectivity index is 1.90. The van der Waals surface area contributed by atoms with Crippen molar-refractivity contribution in [1.29, 1.82) is 0 Å². The van der Waals surface area contributed by atoms with E-state index in [1.165, 1.54) is 23.9 Å². The molecule has 0 saturated carbocycles. The summed E-state index contributed by atoms with van der Waals surface area (Å²) in [6.07, 6.45) is 0. The molecule has 26 heavy (non-hydrogen) atoms. The second-order valence-corrected chi connectivity index (χ2v) is 6.81. The first-order valence-electron chi connectivity index (χ1n) is 8.19. The molecular weight excluding hydrogens is 360 g/mol. The van der Waals surface area contributed by atoms with Gasteiger partial charge in [0.05, 0.1) is 26.0 Å². The van der Waals surface area contributed by atoms with Crippen LogP contribution in [0.1, 0.15) is 23.4 Å². The number of halogens is 2. The fourth-order valence-electron chi connectivity index (χ4n) is 2.87. The Morgan fingerprint density at radius 1 is 1.23 bits per heavy atom. The van der Waals surface area contributed by atoms with Gasteiger partial charge in [0.25, 0.3) is 0 Å². The third-order valence-electron chi connectivity index (χ3n) is 4.11. The fourth-order valence-corrected chi connectivity index (χ4v) is 4.05. The standard InChI is InChI=1S/C19H19F2NO3S/c1-3-25-16-9-12(7-8-15(16)24-2)19-22(17(23)11-26-19)10-13-5-4-6-14(20)18(13)21/h4-9,19H,3,10-11H2,1-2H3. The third-order valence-corrected chi connectivity index (χ3v) is 5.37. The van der Waals surface area contributed by atoms with Crippen molar-refractivity contribution in [3.05, 3.63) is 59.2 Å². The van der Waals surface area contributed by atoms with E-state index in [9.17, 15) is 13.6 Å². The van der Waals surface area contributed by atoms with E-state index < -0.39 is 11.6 Å². The summed E-state index contributed by atoms with van der Waals surface area (Å²) in [4.78, 5) is 13.9. The lowest BCUT2D eigenvalue weighted by atomic mass is 10.1. The molecule has 1 fully saturated rings. The van der Waals surface area contributed by atoms with Gasteiger partial charge in [0.2, 0.25) is 5.91 Å². The van der Waals surface area contributed by atoms with Crippen LogP contribution in [0.15, 0.2) is 36.4 Å². The first-order chi connectivity index (χ1) is 12.5. The van der Waals surface area contributed by atoms with Crippen molar-refractivity contribution in [2.24, 2.45) is 0 Å². The number of hydrogen-bond acceptors (Lipinski definition) is 4. The predicted octanol–water partition coefficient (Wildman–Crippen LogP) is 4.15. The highest BCUT2D eigenvalue weighted by Gasteiger charge is 2.34. The lowest BCUT2D eigenvalue weighted by molar-refractivity contribution is -0.128. The predicted molar refractivity (Wildman–Crippen MR) is 96.3 cm³/mol. The van der Waals surface area contributed by atoms with Crippen molar-refractivity contribution in [2.75, 3.05) is 19.5 Å². The quantitative estimate of drug-likeness (QED) is 0.756. The summed E-state index contributed by atoms with van der Waals surface area (Å²) in [5, 5.41) is -0.296. The summed E-state index contributed by atoms with van der Waals surface area (Å²) in [5.74, 6) is -0.464. The molecule has 1 saturated heterocycles. The van der Waals surface area contributed by atoms with Gasteiger partial charge >= 0.3 is 0 Å². The van der Waals surface area contributed by atoms with E-state index in [0.29, 0.717) is 18.1 Å². The number of methoxy groups -OCH3 is 1. The van der Waals surface area contributed by atoms with Crippen LogP contribution in [0.25, 0.3) is 0 Å². The Hall–Kier alpha value is -2.28. The molecule has 3 rings (SSSR count). The number of amides is 1. The number of thioether (sulfide) groups is 1. The SMILES string of the molecule is CCOc1cc(C2SCC(=O)N2Cc2cccc(F)c2F)ccc1OC. The van der Waals surface area contributed by atoms with Crippen LogP contribution in [0.5, 0.6) is 11.5 Å². The number of benzene rings is 2. The van der Waals surface area contributed by atoms with Gasteiger partial charge < -0.3 is 14.4 Å². The van der Waals surface area contributed by atoms with Crippen molar-refractivity contribution < 1.29 is 23.0 Å². The molecular formula is C19H19F2NO3S. The lowest BCUT2D eigenvalue weighted by Crippen LogP contribution is -2.28. The van der Waals surface area contributed by atoms with Crippen LogP contribution >= 0.6 is 11.8 Å². The number of carbonyl (C=O) groups excluding carboxylic acids is 1. The van der Waals surface area contributed by atoms with Gasteiger partial charge in [0.1, 0.15) is 5.37 Å². The minimum atomic E-state index is -0.916. The van der Waals surface area contributed by atoms with E-state index in [2.05, 4.69) is 0 Å². The molecule has 1 atom stereocenters. The minimum absolute atomic E-state index is 0.0100. The third kappa shape index (κ3) is 3.62. The zero-order valence-electron chi connectivity index (χ0n) is 14.5. The molecule has 0 spiro atoms. The van der Waals surface area contributed by atoms with Gasteiger partial charge in [-0.3, -0.25) is 4.79 Å². The zero-order valence-corrected chi connectivity index (χ0v) is 15.3. The number of nitrogens with zero attached hydrogens (tertiary/aromatic N) is 1. The molecule has 0 radical (unpaired) electrons. The van der Waals surface area contributed by atoms with Crippen LogP contribution < -0.4 is 9.47 Å². The second kappa shape index (κ2) is 7.95.